The Kier molecular flexibility index (Phi) is 4.97. The van der Waals surface area contributed by atoms with Gasteiger partial charge in [0.1, 0.15) is 23.9 Å². The van der Waals surface area contributed by atoms with Crippen molar-refractivity contribution >= 4 is 11.9 Å². The van der Waals surface area contributed by atoms with E-state index in [1.54, 1.807) is 23.9 Å². The molecule has 0 aliphatic rings. The minimum absolute atomic E-state index is 0.0218. The van der Waals surface area contributed by atoms with Crippen LogP contribution in [0.5, 0.6) is 5.75 Å². The van der Waals surface area contributed by atoms with Gasteiger partial charge in [-0.2, -0.15) is 5.10 Å². The second kappa shape index (κ2) is 7.35. The van der Waals surface area contributed by atoms with Gasteiger partial charge in [-0.25, -0.2) is 8.78 Å². The Balaban J connectivity index is 1.62. The fraction of sp³-hybridized carbons (Fsp3) is 0.158. The van der Waals surface area contributed by atoms with Crippen molar-refractivity contribution in [2.45, 2.75) is 13.5 Å². The largest absolute Gasteiger partial charge is 0.483 e. The SMILES string of the molecule is Cc1c(C(=O)/C=C/c2ccc(COc3ccc(F)cc3F)o2)cnn1C. The number of ether oxygens (including phenoxy) is 1. The molecule has 0 unspecified atom stereocenters. The molecule has 0 radical (unpaired) electrons. The fourth-order valence-corrected chi connectivity index (χ4v) is 2.29. The first-order valence-corrected chi connectivity index (χ1v) is 7.81. The van der Waals surface area contributed by atoms with Crippen molar-refractivity contribution in [2.24, 2.45) is 7.05 Å². The summed E-state index contributed by atoms with van der Waals surface area (Å²) in [7, 11) is 1.76. The number of furan rings is 1. The third-order valence-corrected chi connectivity index (χ3v) is 3.85. The predicted molar refractivity (Wildman–Crippen MR) is 90.7 cm³/mol. The maximum atomic E-state index is 13.5. The normalized spacial score (nSPS) is 11.2. The van der Waals surface area contributed by atoms with Gasteiger partial charge in [0.15, 0.2) is 17.3 Å². The van der Waals surface area contributed by atoms with Gasteiger partial charge in [-0.15, -0.1) is 0 Å². The Hall–Kier alpha value is -3.22. The maximum absolute atomic E-state index is 13.5. The van der Waals surface area contributed by atoms with E-state index < -0.39 is 11.6 Å². The van der Waals surface area contributed by atoms with E-state index in [9.17, 15) is 13.6 Å². The van der Waals surface area contributed by atoms with Crippen LogP contribution in [0.25, 0.3) is 6.08 Å². The van der Waals surface area contributed by atoms with E-state index >= 15 is 0 Å². The molecule has 1 aromatic carbocycles. The van der Waals surface area contributed by atoms with Gasteiger partial charge in [-0.05, 0) is 43.3 Å². The number of halogens is 2. The van der Waals surface area contributed by atoms with Crippen LogP contribution in [0.3, 0.4) is 0 Å². The van der Waals surface area contributed by atoms with Gasteiger partial charge in [0, 0.05) is 18.8 Å². The number of ketones is 1. The first kappa shape index (κ1) is 17.6. The number of allylic oxidation sites excluding steroid dienone is 1. The van der Waals surface area contributed by atoms with Crippen LogP contribution in [0.2, 0.25) is 0 Å². The smallest absolute Gasteiger partial charge is 0.189 e. The molecule has 0 amide bonds. The Morgan fingerprint density at radius 3 is 2.81 bits per heavy atom. The molecule has 0 bridgehead atoms. The van der Waals surface area contributed by atoms with Gasteiger partial charge < -0.3 is 9.15 Å². The molecule has 0 atom stereocenters. The molecule has 2 heterocycles. The predicted octanol–water partition coefficient (Wildman–Crippen LogP) is 4.07. The highest BCUT2D eigenvalue weighted by atomic mass is 19.1. The van der Waals surface area contributed by atoms with E-state index in [1.165, 1.54) is 24.4 Å². The number of hydrogen-bond donors (Lipinski definition) is 0. The topological polar surface area (TPSA) is 57.3 Å². The van der Waals surface area contributed by atoms with E-state index in [0.717, 1.165) is 17.8 Å². The molecular formula is C19H16F2N2O3. The average Bonchev–Trinajstić information content (AvgIpc) is 3.19. The van der Waals surface area contributed by atoms with Crippen molar-refractivity contribution in [3.05, 3.63) is 77.0 Å². The Morgan fingerprint density at radius 2 is 2.12 bits per heavy atom. The molecule has 3 aromatic rings. The van der Waals surface area contributed by atoms with E-state index in [4.69, 9.17) is 9.15 Å². The molecule has 26 heavy (non-hydrogen) atoms. The second-order valence-corrected chi connectivity index (χ2v) is 5.63. The molecule has 3 rings (SSSR count). The number of aromatic nitrogens is 2. The minimum atomic E-state index is -0.783. The molecule has 0 saturated heterocycles. The van der Waals surface area contributed by atoms with Crippen LogP contribution >= 0.6 is 0 Å². The van der Waals surface area contributed by atoms with Crippen LogP contribution < -0.4 is 4.74 Å². The van der Waals surface area contributed by atoms with Crippen molar-refractivity contribution in [1.29, 1.82) is 0 Å². The summed E-state index contributed by atoms with van der Waals surface area (Å²) in [4.78, 5) is 12.2. The summed E-state index contributed by atoms with van der Waals surface area (Å²) < 4.78 is 38.8. The number of benzene rings is 1. The fourth-order valence-electron chi connectivity index (χ4n) is 2.29. The average molecular weight is 358 g/mol. The van der Waals surface area contributed by atoms with Gasteiger partial charge in [0.05, 0.1) is 11.8 Å². The number of nitrogens with zero attached hydrogens (tertiary/aromatic N) is 2. The van der Waals surface area contributed by atoms with Crippen molar-refractivity contribution in [1.82, 2.24) is 9.78 Å². The summed E-state index contributed by atoms with van der Waals surface area (Å²) in [6, 6.07) is 6.39. The lowest BCUT2D eigenvalue weighted by Gasteiger charge is -2.05. The van der Waals surface area contributed by atoms with E-state index in [1.807, 2.05) is 6.92 Å². The molecule has 0 fully saturated rings. The lowest BCUT2D eigenvalue weighted by atomic mass is 10.1. The zero-order valence-corrected chi connectivity index (χ0v) is 14.2. The molecule has 0 saturated carbocycles. The molecule has 0 aliphatic carbocycles. The lowest BCUT2D eigenvalue weighted by molar-refractivity contribution is 0.104. The molecule has 0 N–H and O–H groups in total. The molecule has 5 nitrogen and oxygen atoms in total. The van der Waals surface area contributed by atoms with E-state index in [-0.39, 0.29) is 18.1 Å². The Bertz CT molecular complexity index is 973. The Morgan fingerprint density at radius 1 is 1.31 bits per heavy atom. The van der Waals surface area contributed by atoms with E-state index in [2.05, 4.69) is 5.10 Å². The summed E-state index contributed by atoms with van der Waals surface area (Å²) in [6.07, 6.45) is 4.45. The molecule has 0 spiro atoms. The highest BCUT2D eigenvalue weighted by Crippen LogP contribution is 2.20. The summed E-state index contributed by atoms with van der Waals surface area (Å²) >= 11 is 0. The van der Waals surface area contributed by atoms with E-state index in [0.29, 0.717) is 17.1 Å². The minimum Gasteiger partial charge on any atom is -0.483 e. The van der Waals surface area contributed by atoms with Gasteiger partial charge in [-0.3, -0.25) is 9.48 Å². The molecule has 7 heteroatoms. The third kappa shape index (κ3) is 3.88. The van der Waals surface area contributed by atoms with Crippen LogP contribution in [0.15, 0.2) is 47.0 Å². The second-order valence-electron chi connectivity index (χ2n) is 5.63. The summed E-state index contributed by atoms with van der Waals surface area (Å²) in [5.74, 6) is -0.806. The first-order valence-electron chi connectivity index (χ1n) is 7.81. The van der Waals surface area contributed by atoms with Crippen LogP contribution in [-0.4, -0.2) is 15.6 Å². The molecule has 2 aromatic heterocycles. The number of rotatable bonds is 6. The summed E-state index contributed by atoms with van der Waals surface area (Å²) in [5, 5.41) is 4.03. The Labute approximate surface area is 148 Å². The summed E-state index contributed by atoms with van der Waals surface area (Å²) in [5.41, 5.74) is 1.29. The van der Waals surface area contributed by atoms with Crippen molar-refractivity contribution in [3.8, 4) is 5.75 Å². The van der Waals surface area contributed by atoms with Crippen LogP contribution in [0.4, 0.5) is 8.78 Å². The first-order chi connectivity index (χ1) is 12.4. The van der Waals surface area contributed by atoms with Gasteiger partial charge in [0.2, 0.25) is 0 Å². The highest BCUT2D eigenvalue weighted by Gasteiger charge is 2.10. The standard InChI is InChI=1S/C19H16F2N2O3/c1-12-16(10-22-23(12)2)18(24)7-6-14-4-5-15(26-14)11-25-19-8-3-13(20)9-17(19)21/h3-10H,11H2,1-2H3/b7-6+. The number of carbonyl (C=O) groups is 1. The number of aryl methyl sites for hydroxylation is 1. The van der Waals surface area contributed by atoms with Crippen molar-refractivity contribution in [3.63, 3.8) is 0 Å². The maximum Gasteiger partial charge on any atom is 0.189 e. The quantitative estimate of drug-likeness (QED) is 0.492. The monoisotopic (exact) mass is 358 g/mol. The van der Waals surface area contributed by atoms with Crippen LogP contribution in [0, 0.1) is 18.6 Å². The highest BCUT2D eigenvalue weighted by molar-refractivity contribution is 6.07. The van der Waals surface area contributed by atoms with Crippen LogP contribution in [0.1, 0.15) is 27.6 Å². The summed E-state index contributed by atoms with van der Waals surface area (Å²) in [6.45, 7) is 1.79. The number of carbonyl (C=O) groups excluding carboxylic acids is 1. The van der Waals surface area contributed by atoms with Gasteiger partial charge in [0.25, 0.3) is 0 Å². The van der Waals surface area contributed by atoms with Crippen LogP contribution in [-0.2, 0) is 13.7 Å². The zero-order valence-electron chi connectivity index (χ0n) is 14.2. The molecule has 134 valence electrons. The van der Waals surface area contributed by atoms with Crippen molar-refractivity contribution < 1.29 is 22.7 Å². The van der Waals surface area contributed by atoms with Gasteiger partial charge in [-0.1, -0.05) is 0 Å². The third-order valence-electron chi connectivity index (χ3n) is 3.85. The lowest BCUT2D eigenvalue weighted by Crippen LogP contribution is -1.98. The molecule has 0 aliphatic heterocycles. The van der Waals surface area contributed by atoms with Crippen molar-refractivity contribution in [2.75, 3.05) is 0 Å². The number of hydrogen-bond acceptors (Lipinski definition) is 4. The molecular weight excluding hydrogens is 342 g/mol. The van der Waals surface area contributed by atoms with Gasteiger partial charge >= 0.3 is 0 Å². The zero-order chi connectivity index (χ0) is 18.7.